The lowest BCUT2D eigenvalue weighted by atomic mass is 9.84. The van der Waals surface area contributed by atoms with Gasteiger partial charge in [0.05, 0.1) is 0 Å². The average molecular weight is 280 g/mol. The van der Waals surface area contributed by atoms with E-state index in [0.717, 1.165) is 39.0 Å². The zero-order chi connectivity index (χ0) is 14.2. The summed E-state index contributed by atoms with van der Waals surface area (Å²) in [4.78, 5) is 16.8. The van der Waals surface area contributed by atoms with E-state index >= 15 is 0 Å². The lowest BCUT2D eigenvalue weighted by molar-refractivity contribution is -0.139. The second-order valence-corrected chi connectivity index (χ2v) is 6.56. The van der Waals surface area contributed by atoms with Crippen LogP contribution in [0.25, 0.3) is 0 Å². The maximum absolute atomic E-state index is 12.2. The quantitative estimate of drug-likeness (QED) is 0.637. The Labute approximate surface area is 124 Å². The van der Waals surface area contributed by atoms with Crippen LogP contribution in [0.4, 0.5) is 0 Å². The van der Waals surface area contributed by atoms with Gasteiger partial charge in [0.25, 0.3) is 0 Å². The molecule has 1 saturated heterocycles. The van der Waals surface area contributed by atoms with E-state index < -0.39 is 0 Å². The predicted octanol–water partition coefficient (Wildman–Crippen LogP) is 3.29. The Morgan fingerprint density at radius 1 is 0.950 bits per heavy atom. The van der Waals surface area contributed by atoms with Crippen LogP contribution in [0.15, 0.2) is 0 Å². The van der Waals surface area contributed by atoms with E-state index in [2.05, 4.69) is 16.7 Å². The summed E-state index contributed by atoms with van der Waals surface area (Å²) < 4.78 is 0. The summed E-state index contributed by atoms with van der Waals surface area (Å²) in [5.74, 6) is 0.815. The van der Waals surface area contributed by atoms with Gasteiger partial charge in [0.2, 0.25) is 5.91 Å². The maximum atomic E-state index is 12.2. The van der Waals surface area contributed by atoms with Crippen LogP contribution >= 0.6 is 0 Å². The molecular weight excluding hydrogens is 248 g/mol. The highest BCUT2D eigenvalue weighted by molar-refractivity contribution is 5.79. The highest BCUT2D eigenvalue weighted by atomic mass is 16.2. The maximum Gasteiger partial charge on any atom is 0.225 e. The molecule has 2 aliphatic rings. The Morgan fingerprint density at radius 2 is 1.60 bits per heavy atom. The smallest absolute Gasteiger partial charge is 0.225 e. The van der Waals surface area contributed by atoms with Gasteiger partial charge in [0, 0.05) is 32.1 Å². The van der Waals surface area contributed by atoms with Gasteiger partial charge >= 0.3 is 0 Å². The molecule has 2 rings (SSSR count). The molecule has 0 atom stereocenters. The van der Waals surface area contributed by atoms with Gasteiger partial charge < -0.3 is 4.90 Å². The van der Waals surface area contributed by atoms with E-state index in [0.29, 0.717) is 11.8 Å². The molecule has 1 aliphatic carbocycles. The van der Waals surface area contributed by atoms with E-state index in [9.17, 15) is 4.79 Å². The van der Waals surface area contributed by atoms with Crippen LogP contribution in [0.3, 0.4) is 0 Å². The lowest BCUT2D eigenvalue weighted by Crippen LogP contribution is -2.51. The molecule has 1 heterocycles. The van der Waals surface area contributed by atoms with Crippen molar-refractivity contribution >= 4 is 5.91 Å². The van der Waals surface area contributed by atoms with Crippen LogP contribution in [0.5, 0.6) is 0 Å². The highest BCUT2D eigenvalue weighted by Crippen LogP contribution is 2.28. The van der Waals surface area contributed by atoms with Crippen molar-refractivity contribution in [3.63, 3.8) is 0 Å². The Morgan fingerprint density at radius 3 is 2.20 bits per heavy atom. The van der Waals surface area contributed by atoms with Gasteiger partial charge in [-0.25, -0.2) is 0 Å². The molecule has 0 unspecified atom stereocenters. The van der Waals surface area contributed by atoms with Crippen molar-refractivity contribution in [1.29, 1.82) is 0 Å². The number of carbonyl (C=O) groups is 1. The number of nitrogens with zero attached hydrogens (tertiary/aromatic N) is 2. The number of amides is 1. The third-order valence-electron chi connectivity index (χ3n) is 4.97. The van der Waals surface area contributed by atoms with Gasteiger partial charge in [-0.15, -0.1) is 0 Å². The molecule has 1 amide bonds. The number of hydrogen-bond acceptors (Lipinski definition) is 2. The largest absolute Gasteiger partial charge is 0.340 e. The first-order chi connectivity index (χ1) is 9.81. The second-order valence-electron chi connectivity index (χ2n) is 6.56. The van der Waals surface area contributed by atoms with E-state index in [-0.39, 0.29) is 0 Å². The fourth-order valence-corrected chi connectivity index (χ4v) is 3.22. The molecule has 0 aromatic carbocycles. The monoisotopic (exact) mass is 280 g/mol. The van der Waals surface area contributed by atoms with Crippen molar-refractivity contribution in [3.8, 4) is 0 Å². The Balaban J connectivity index is 1.51. The number of hydrogen-bond donors (Lipinski definition) is 0. The number of rotatable bonds is 8. The van der Waals surface area contributed by atoms with Gasteiger partial charge in [0.15, 0.2) is 0 Å². The molecule has 3 heteroatoms. The van der Waals surface area contributed by atoms with Crippen LogP contribution < -0.4 is 0 Å². The third kappa shape index (κ3) is 4.76. The van der Waals surface area contributed by atoms with E-state index in [1.165, 1.54) is 51.5 Å². The first-order valence-electron chi connectivity index (χ1n) is 8.82. The normalized spacial score (nSPS) is 20.9. The van der Waals surface area contributed by atoms with Crippen molar-refractivity contribution in [2.45, 2.75) is 64.7 Å². The minimum absolute atomic E-state index is 0.375. The van der Waals surface area contributed by atoms with Crippen LogP contribution in [0, 0.1) is 5.92 Å². The summed E-state index contributed by atoms with van der Waals surface area (Å²) in [6, 6.07) is 0. The van der Waals surface area contributed by atoms with Gasteiger partial charge in [-0.3, -0.25) is 9.69 Å². The highest BCUT2D eigenvalue weighted by Gasteiger charge is 2.30. The topological polar surface area (TPSA) is 23.6 Å². The van der Waals surface area contributed by atoms with Crippen LogP contribution in [-0.4, -0.2) is 48.4 Å². The molecule has 20 heavy (non-hydrogen) atoms. The fourth-order valence-electron chi connectivity index (χ4n) is 3.22. The Bertz CT molecular complexity index is 281. The fraction of sp³-hybridized carbons (Fsp3) is 0.941. The molecule has 116 valence electrons. The molecular formula is C17H32N2O. The van der Waals surface area contributed by atoms with Crippen LogP contribution in [-0.2, 0) is 4.79 Å². The number of carbonyl (C=O) groups excluding carboxylic acids is 1. The molecule has 0 spiro atoms. The third-order valence-corrected chi connectivity index (χ3v) is 4.97. The summed E-state index contributed by atoms with van der Waals surface area (Å²) in [6.45, 7) is 7.61. The van der Waals surface area contributed by atoms with E-state index in [1.807, 2.05) is 0 Å². The standard InChI is InChI=1S/C17H32N2O/c1-2-3-4-5-6-7-11-18-12-14-19(15-13-18)17(20)16-9-8-10-16/h16H,2-15H2,1H3. The van der Waals surface area contributed by atoms with Crippen molar-refractivity contribution in [3.05, 3.63) is 0 Å². The summed E-state index contributed by atoms with van der Waals surface area (Å²) >= 11 is 0. The number of piperazine rings is 1. The zero-order valence-corrected chi connectivity index (χ0v) is 13.3. The second kappa shape index (κ2) is 8.66. The zero-order valence-electron chi connectivity index (χ0n) is 13.3. The van der Waals surface area contributed by atoms with Crippen molar-refractivity contribution in [1.82, 2.24) is 9.80 Å². The van der Waals surface area contributed by atoms with Gasteiger partial charge in [0.1, 0.15) is 0 Å². The van der Waals surface area contributed by atoms with Crippen molar-refractivity contribution in [2.75, 3.05) is 32.7 Å². The van der Waals surface area contributed by atoms with Crippen molar-refractivity contribution in [2.24, 2.45) is 5.92 Å². The number of unbranched alkanes of at least 4 members (excludes halogenated alkanes) is 5. The molecule has 3 nitrogen and oxygen atoms in total. The molecule has 0 aromatic heterocycles. The Kier molecular flexibility index (Phi) is 6.85. The molecule has 0 bridgehead atoms. The van der Waals surface area contributed by atoms with Crippen LogP contribution in [0.1, 0.15) is 64.7 Å². The van der Waals surface area contributed by atoms with Crippen LogP contribution in [0.2, 0.25) is 0 Å². The summed E-state index contributed by atoms with van der Waals surface area (Å²) in [5, 5.41) is 0. The van der Waals surface area contributed by atoms with Crippen molar-refractivity contribution < 1.29 is 4.79 Å². The first kappa shape index (κ1) is 15.8. The molecule has 0 aromatic rings. The van der Waals surface area contributed by atoms with Gasteiger partial charge in [-0.05, 0) is 25.8 Å². The molecule has 1 aliphatic heterocycles. The minimum Gasteiger partial charge on any atom is -0.340 e. The molecule has 0 radical (unpaired) electrons. The van der Waals surface area contributed by atoms with E-state index in [1.54, 1.807) is 0 Å². The van der Waals surface area contributed by atoms with Gasteiger partial charge in [-0.2, -0.15) is 0 Å². The minimum atomic E-state index is 0.375. The molecule has 1 saturated carbocycles. The summed E-state index contributed by atoms with van der Waals surface area (Å²) in [5.41, 5.74) is 0. The SMILES string of the molecule is CCCCCCCCN1CCN(C(=O)C2CCC2)CC1. The summed E-state index contributed by atoms with van der Waals surface area (Å²) in [7, 11) is 0. The average Bonchev–Trinajstić information content (AvgIpc) is 2.41. The lowest BCUT2D eigenvalue weighted by Gasteiger charge is -2.38. The Hall–Kier alpha value is -0.570. The van der Waals surface area contributed by atoms with E-state index in [4.69, 9.17) is 0 Å². The summed E-state index contributed by atoms with van der Waals surface area (Å²) in [6.07, 6.45) is 11.8. The van der Waals surface area contributed by atoms with Gasteiger partial charge in [-0.1, -0.05) is 45.4 Å². The predicted molar refractivity (Wildman–Crippen MR) is 83.7 cm³/mol. The first-order valence-corrected chi connectivity index (χ1v) is 8.82. The molecule has 2 fully saturated rings. The molecule has 0 N–H and O–H groups in total.